The fraction of sp³-hybridized carbons (Fsp3) is 0.143. The zero-order valence-corrected chi connectivity index (χ0v) is 10.6. The summed E-state index contributed by atoms with van der Waals surface area (Å²) in [6.45, 7) is 0. The third-order valence-corrected chi connectivity index (χ3v) is 3.64. The van der Waals surface area contributed by atoms with Gasteiger partial charge in [0.15, 0.2) is 0 Å². The fourth-order valence-corrected chi connectivity index (χ4v) is 2.66. The van der Waals surface area contributed by atoms with Gasteiger partial charge in [-0.2, -0.15) is 0 Å². The summed E-state index contributed by atoms with van der Waals surface area (Å²) in [6, 6.07) is 18.8. The minimum Gasteiger partial charge on any atom is -0.380 e. The zero-order valence-electron chi connectivity index (χ0n) is 9.41. The summed E-state index contributed by atoms with van der Waals surface area (Å²) in [6.07, 6.45) is 0.265. The van der Waals surface area contributed by atoms with Crippen molar-refractivity contribution in [3.8, 4) is 0 Å². The molecule has 88 valence electrons. The molecular weight excluding hydrogens is 231 g/mol. The number of hydrogen-bond acceptors (Lipinski definition) is 2. The summed E-state index contributed by atoms with van der Waals surface area (Å²) in [7, 11) is -1.01. The first-order chi connectivity index (χ1) is 8.27. The van der Waals surface area contributed by atoms with Gasteiger partial charge in [0.2, 0.25) is 0 Å². The van der Waals surface area contributed by atoms with Crippen molar-refractivity contribution in [3.63, 3.8) is 0 Å². The van der Waals surface area contributed by atoms with E-state index in [0.717, 1.165) is 11.1 Å². The minimum absolute atomic E-state index is 0.265. The standard InChI is InChI=1S/C14H15O2P/c15-14(11-17-16,12-7-3-1-4-8-12)13-9-5-2-6-10-13/h1-10,15H,11,17H2. The first-order valence-corrected chi connectivity index (χ1v) is 6.83. The molecule has 17 heavy (non-hydrogen) atoms. The number of aliphatic hydroxyl groups is 1. The van der Waals surface area contributed by atoms with Crippen molar-refractivity contribution >= 4 is 8.46 Å². The minimum atomic E-state index is -1.14. The molecule has 0 bridgehead atoms. The lowest BCUT2D eigenvalue weighted by atomic mass is 9.88. The molecule has 0 radical (unpaired) electrons. The van der Waals surface area contributed by atoms with Gasteiger partial charge in [0.05, 0.1) is 8.46 Å². The van der Waals surface area contributed by atoms with Crippen LogP contribution < -0.4 is 0 Å². The van der Waals surface area contributed by atoms with Crippen molar-refractivity contribution in [2.24, 2.45) is 0 Å². The van der Waals surface area contributed by atoms with E-state index in [0.29, 0.717) is 0 Å². The predicted molar refractivity (Wildman–Crippen MR) is 71.1 cm³/mol. The van der Waals surface area contributed by atoms with Gasteiger partial charge < -0.3 is 9.67 Å². The maximum Gasteiger partial charge on any atom is 0.121 e. The van der Waals surface area contributed by atoms with E-state index in [4.69, 9.17) is 0 Å². The Balaban J connectivity index is 2.50. The van der Waals surface area contributed by atoms with Gasteiger partial charge in [-0.25, -0.2) is 0 Å². The molecule has 0 spiro atoms. The molecule has 3 heteroatoms. The topological polar surface area (TPSA) is 37.3 Å². The molecule has 0 heterocycles. The SMILES string of the molecule is O=[PH2]CC(O)(c1ccccc1)c1ccccc1. The summed E-state index contributed by atoms with van der Waals surface area (Å²) < 4.78 is 11.0. The van der Waals surface area contributed by atoms with Crippen LogP contribution in [0.25, 0.3) is 0 Å². The quantitative estimate of drug-likeness (QED) is 0.842. The Labute approximate surface area is 102 Å². The second-order valence-corrected chi connectivity index (χ2v) is 4.70. The van der Waals surface area contributed by atoms with E-state index < -0.39 is 14.1 Å². The predicted octanol–water partition coefficient (Wildman–Crippen LogP) is 2.68. The van der Waals surface area contributed by atoms with Gasteiger partial charge >= 0.3 is 0 Å². The van der Waals surface area contributed by atoms with Gasteiger partial charge in [-0.3, -0.25) is 0 Å². The molecule has 1 N–H and O–H groups in total. The van der Waals surface area contributed by atoms with Crippen LogP contribution in [0.15, 0.2) is 60.7 Å². The molecule has 0 aliphatic heterocycles. The fourth-order valence-electron chi connectivity index (χ4n) is 1.95. The molecule has 2 rings (SSSR count). The summed E-state index contributed by atoms with van der Waals surface area (Å²) in [5, 5.41) is 10.8. The Bertz CT molecular complexity index is 443. The average molecular weight is 246 g/mol. The van der Waals surface area contributed by atoms with E-state index >= 15 is 0 Å². The molecule has 2 aromatic carbocycles. The molecule has 0 saturated carbocycles. The van der Waals surface area contributed by atoms with Crippen LogP contribution in [-0.4, -0.2) is 11.3 Å². The lowest BCUT2D eigenvalue weighted by Crippen LogP contribution is -2.29. The smallest absolute Gasteiger partial charge is 0.121 e. The zero-order chi connectivity index (χ0) is 12.1. The normalized spacial score (nSPS) is 12.1. The summed E-state index contributed by atoms with van der Waals surface area (Å²) in [4.78, 5) is 0. The maximum absolute atomic E-state index is 11.0. The van der Waals surface area contributed by atoms with Gasteiger partial charge in [-0.15, -0.1) is 0 Å². The van der Waals surface area contributed by atoms with Gasteiger partial charge in [0, 0.05) is 6.16 Å². The van der Waals surface area contributed by atoms with Gasteiger partial charge in [-0.05, 0) is 11.1 Å². The molecule has 1 unspecified atom stereocenters. The molecule has 0 aromatic heterocycles. The van der Waals surface area contributed by atoms with Crippen molar-refractivity contribution in [1.82, 2.24) is 0 Å². The number of rotatable bonds is 4. The third kappa shape index (κ3) is 2.49. The Hall–Kier alpha value is -1.37. The van der Waals surface area contributed by atoms with E-state index in [9.17, 15) is 9.67 Å². The van der Waals surface area contributed by atoms with Gasteiger partial charge in [-0.1, -0.05) is 60.7 Å². The molecule has 0 aliphatic rings. The van der Waals surface area contributed by atoms with E-state index in [-0.39, 0.29) is 6.16 Å². The van der Waals surface area contributed by atoms with Crippen molar-refractivity contribution in [2.45, 2.75) is 5.60 Å². The maximum atomic E-state index is 11.0. The van der Waals surface area contributed by atoms with Crippen LogP contribution in [0.2, 0.25) is 0 Å². The summed E-state index contributed by atoms with van der Waals surface area (Å²) in [5.41, 5.74) is 0.434. The Morgan fingerprint density at radius 3 is 1.65 bits per heavy atom. The van der Waals surface area contributed by atoms with Gasteiger partial charge in [0.1, 0.15) is 5.60 Å². The van der Waals surface area contributed by atoms with Crippen LogP contribution in [0.3, 0.4) is 0 Å². The van der Waals surface area contributed by atoms with Crippen molar-refractivity contribution in [3.05, 3.63) is 71.8 Å². The summed E-state index contributed by atoms with van der Waals surface area (Å²) >= 11 is 0. The van der Waals surface area contributed by atoms with Crippen molar-refractivity contribution < 1.29 is 9.67 Å². The highest BCUT2D eigenvalue weighted by Gasteiger charge is 2.30. The Morgan fingerprint density at radius 2 is 1.29 bits per heavy atom. The molecule has 2 nitrogen and oxygen atoms in total. The highest BCUT2D eigenvalue weighted by atomic mass is 31.1. The van der Waals surface area contributed by atoms with Crippen LogP contribution in [0.4, 0.5) is 0 Å². The summed E-state index contributed by atoms with van der Waals surface area (Å²) in [5.74, 6) is 0. The number of benzene rings is 2. The average Bonchev–Trinajstić information content (AvgIpc) is 2.41. The van der Waals surface area contributed by atoms with Crippen molar-refractivity contribution in [2.75, 3.05) is 6.16 Å². The molecule has 1 atom stereocenters. The van der Waals surface area contributed by atoms with Crippen LogP contribution in [0.5, 0.6) is 0 Å². The van der Waals surface area contributed by atoms with E-state index in [1.54, 1.807) is 0 Å². The van der Waals surface area contributed by atoms with E-state index in [1.807, 2.05) is 60.7 Å². The van der Waals surface area contributed by atoms with Crippen LogP contribution in [0, 0.1) is 0 Å². The van der Waals surface area contributed by atoms with E-state index in [2.05, 4.69) is 0 Å². The first kappa shape index (κ1) is 12.1. The lowest BCUT2D eigenvalue weighted by molar-refractivity contribution is 0.106. The van der Waals surface area contributed by atoms with Crippen LogP contribution in [-0.2, 0) is 10.2 Å². The van der Waals surface area contributed by atoms with Crippen LogP contribution in [0.1, 0.15) is 11.1 Å². The van der Waals surface area contributed by atoms with Gasteiger partial charge in [0.25, 0.3) is 0 Å². The molecule has 0 aliphatic carbocycles. The lowest BCUT2D eigenvalue weighted by Gasteiger charge is -2.27. The first-order valence-electron chi connectivity index (χ1n) is 5.54. The second kappa shape index (κ2) is 5.31. The van der Waals surface area contributed by atoms with Crippen LogP contribution >= 0.6 is 8.46 Å². The molecular formula is C14H15O2P. The van der Waals surface area contributed by atoms with E-state index in [1.165, 1.54) is 0 Å². The molecule has 0 saturated heterocycles. The van der Waals surface area contributed by atoms with Crippen molar-refractivity contribution in [1.29, 1.82) is 0 Å². The Kier molecular flexibility index (Phi) is 3.78. The Morgan fingerprint density at radius 1 is 0.882 bits per heavy atom. The number of hydrogen-bond donors (Lipinski definition) is 1. The largest absolute Gasteiger partial charge is 0.380 e. The molecule has 0 amide bonds. The molecule has 2 aromatic rings. The second-order valence-electron chi connectivity index (χ2n) is 3.96. The monoisotopic (exact) mass is 246 g/mol. The molecule has 0 fully saturated rings. The third-order valence-electron chi connectivity index (χ3n) is 2.88. The highest BCUT2D eigenvalue weighted by molar-refractivity contribution is 7.23. The highest BCUT2D eigenvalue weighted by Crippen LogP contribution is 2.32.